The molecule has 0 amide bonds. The predicted molar refractivity (Wildman–Crippen MR) is 60.1 cm³/mol. The first-order valence-electron chi connectivity index (χ1n) is 4.79. The lowest BCUT2D eigenvalue weighted by Crippen LogP contribution is -2.10. The normalized spacial score (nSPS) is 10.1. The second-order valence-corrected chi connectivity index (χ2v) is 4.03. The summed E-state index contributed by atoms with van der Waals surface area (Å²) < 4.78 is 0. The number of unbranched alkanes of at least 4 members (excludes halogenated alkanes) is 2. The van der Waals surface area contributed by atoms with E-state index in [-0.39, 0.29) is 0 Å². The summed E-state index contributed by atoms with van der Waals surface area (Å²) in [6.07, 6.45) is 5.47. The summed E-state index contributed by atoms with van der Waals surface area (Å²) in [5.41, 5.74) is 2.43. The molecule has 1 rings (SSSR count). The van der Waals surface area contributed by atoms with Gasteiger partial charge in [0.25, 0.3) is 0 Å². The van der Waals surface area contributed by atoms with Gasteiger partial charge in [-0.25, -0.2) is 15.8 Å². The van der Waals surface area contributed by atoms with Crippen molar-refractivity contribution in [1.29, 1.82) is 0 Å². The lowest BCUT2D eigenvalue weighted by Gasteiger charge is -2.01. The number of hydrazine groups is 1. The molecule has 1 aromatic rings. The highest BCUT2D eigenvalue weighted by molar-refractivity contribution is 7.99. The quantitative estimate of drug-likeness (QED) is 0.248. The van der Waals surface area contributed by atoms with Crippen LogP contribution in [0.15, 0.2) is 17.3 Å². The molecule has 0 aliphatic carbocycles. The molecule has 5 heteroatoms. The maximum absolute atomic E-state index is 5.21. The minimum atomic E-state index is 0.477. The molecule has 0 saturated carbocycles. The van der Waals surface area contributed by atoms with E-state index >= 15 is 0 Å². The van der Waals surface area contributed by atoms with Crippen molar-refractivity contribution in [3.05, 3.63) is 12.3 Å². The number of aromatic nitrogens is 2. The van der Waals surface area contributed by atoms with Gasteiger partial charge in [-0.2, -0.15) is 0 Å². The predicted octanol–water partition coefficient (Wildman–Crippen LogP) is 2.04. The summed E-state index contributed by atoms with van der Waals surface area (Å²) in [4.78, 5) is 8.15. The summed E-state index contributed by atoms with van der Waals surface area (Å²) in [7, 11) is 0. The number of hydrogen-bond acceptors (Lipinski definition) is 5. The Balaban J connectivity index is 2.34. The monoisotopic (exact) mass is 212 g/mol. The fraction of sp³-hybridized carbons (Fsp3) is 0.556. The Labute approximate surface area is 88.7 Å². The average molecular weight is 212 g/mol. The van der Waals surface area contributed by atoms with Gasteiger partial charge in [0.2, 0.25) is 5.95 Å². The van der Waals surface area contributed by atoms with E-state index in [1.54, 1.807) is 18.0 Å². The highest BCUT2D eigenvalue weighted by Crippen LogP contribution is 2.17. The molecule has 0 bridgehead atoms. The van der Waals surface area contributed by atoms with E-state index in [1.807, 2.05) is 6.07 Å². The number of nitrogens with one attached hydrogen (secondary N) is 1. The lowest BCUT2D eigenvalue weighted by molar-refractivity contribution is 0.778. The molecule has 78 valence electrons. The highest BCUT2D eigenvalue weighted by Gasteiger charge is 1.97. The summed E-state index contributed by atoms with van der Waals surface area (Å²) in [6, 6.07) is 1.90. The maximum Gasteiger partial charge on any atom is 0.238 e. The van der Waals surface area contributed by atoms with Crippen molar-refractivity contribution in [2.24, 2.45) is 5.84 Å². The van der Waals surface area contributed by atoms with E-state index in [0.717, 1.165) is 10.8 Å². The molecular formula is C9H16N4S. The van der Waals surface area contributed by atoms with Gasteiger partial charge in [-0.1, -0.05) is 19.8 Å². The minimum Gasteiger partial charge on any atom is -0.292 e. The summed E-state index contributed by atoms with van der Waals surface area (Å²) in [5, 5.41) is 0.976. The maximum atomic E-state index is 5.21. The van der Waals surface area contributed by atoms with Crippen molar-refractivity contribution in [3.8, 4) is 0 Å². The number of anilines is 1. The van der Waals surface area contributed by atoms with Crippen LogP contribution in [0.3, 0.4) is 0 Å². The van der Waals surface area contributed by atoms with E-state index in [0.29, 0.717) is 5.95 Å². The van der Waals surface area contributed by atoms with Crippen LogP contribution in [-0.4, -0.2) is 15.7 Å². The molecule has 0 spiro atoms. The third kappa shape index (κ3) is 3.93. The van der Waals surface area contributed by atoms with Crippen LogP contribution >= 0.6 is 11.8 Å². The zero-order chi connectivity index (χ0) is 10.2. The fourth-order valence-corrected chi connectivity index (χ4v) is 1.89. The third-order valence-corrected chi connectivity index (χ3v) is 2.77. The molecule has 0 saturated heterocycles. The van der Waals surface area contributed by atoms with Crippen molar-refractivity contribution in [1.82, 2.24) is 9.97 Å². The van der Waals surface area contributed by atoms with Crippen molar-refractivity contribution < 1.29 is 0 Å². The number of rotatable bonds is 6. The largest absolute Gasteiger partial charge is 0.292 e. The highest BCUT2D eigenvalue weighted by atomic mass is 32.2. The van der Waals surface area contributed by atoms with Gasteiger partial charge in [0.1, 0.15) is 5.03 Å². The number of hydrogen-bond donors (Lipinski definition) is 2. The van der Waals surface area contributed by atoms with Crippen LogP contribution in [0.4, 0.5) is 5.95 Å². The Morgan fingerprint density at radius 3 is 3.07 bits per heavy atom. The number of nitrogens with zero attached hydrogens (tertiary/aromatic N) is 2. The first kappa shape index (κ1) is 11.3. The molecule has 1 aromatic heterocycles. The Morgan fingerprint density at radius 1 is 1.50 bits per heavy atom. The third-order valence-electron chi connectivity index (χ3n) is 1.76. The first-order valence-corrected chi connectivity index (χ1v) is 5.78. The molecule has 0 unspecified atom stereocenters. The smallest absolute Gasteiger partial charge is 0.238 e. The van der Waals surface area contributed by atoms with E-state index in [4.69, 9.17) is 5.84 Å². The molecule has 0 radical (unpaired) electrons. The molecule has 3 N–H and O–H groups in total. The van der Waals surface area contributed by atoms with Crippen LogP contribution in [-0.2, 0) is 0 Å². The molecule has 0 fully saturated rings. The number of nitrogens with two attached hydrogens (primary N) is 1. The lowest BCUT2D eigenvalue weighted by atomic mass is 10.3. The van der Waals surface area contributed by atoms with E-state index < -0.39 is 0 Å². The molecule has 0 aromatic carbocycles. The molecule has 4 nitrogen and oxygen atoms in total. The Kier molecular flexibility index (Phi) is 5.32. The molecule has 0 aliphatic heterocycles. The van der Waals surface area contributed by atoms with Crippen molar-refractivity contribution >= 4 is 17.7 Å². The van der Waals surface area contributed by atoms with E-state index in [2.05, 4.69) is 22.3 Å². The van der Waals surface area contributed by atoms with Gasteiger partial charge < -0.3 is 0 Å². The topological polar surface area (TPSA) is 63.8 Å². The van der Waals surface area contributed by atoms with Gasteiger partial charge in [0.15, 0.2) is 0 Å². The first-order chi connectivity index (χ1) is 6.86. The Morgan fingerprint density at radius 2 is 2.36 bits per heavy atom. The average Bonchev–Trinajstić information content (AvgIpc) is 2.25. The second kappa shape index (κ2) is 6.62. The second-order valence-electron chi connectivity index (χ2n) is 2.92. The van der Waals surface area contributed by atoms with Crippen molar-refractivity contribution in [3.63, 3.8) is 0 Å². The van der Waals surface area contributed by atoms with Crippen LogP contribution in [0.2, 0.25) is 0 Å². The number of nitrogen functional groups attached to an aromatic ring is 1. The summed E-state index contributed by atoms with van der Waals surface area (Å²) in [5.74, 6) is 6.79. The minimum absolute atomic E-state index is 0.477. The van der Waals surface area contributed by atoms with Crippen LogP contribution in [0.5, 0.6) is 0 Å². The SMILES string of the molecule is CCCCCSc1ccnc(NN)n1. The summed E-state index contributed by atoms with van der Waals surface area (Å²) in [6.45, 7) is 2.20. The van der Waals surface area contributed by atoms with Crippen LogP contribution < -0.4 is 11.3 Å². The van der Waals surface area contributed by atoms with Crippen LogP contribution in [0.25, 0.3) is 0 Å². The van der Waals surface area contributed by atoms with Gasteiger partial charge in [-0.05, 0) is 18.2 Å². The fourth-order valence-electron chi connectivity index (χ4n) is 1.02. The van der Waals surface area contributed by atoms with E-state index in [1.165, 1.54) is 19.3 Å². The zero-order valence-electron chi connectivity index (χ0n) is 8.36. The van der Waals surface area contributed by atoms with Crippen molar-refractivity contribution in [2.75, 3.05) is 11.2 Å². The molecule has 0 atom stereocenters. The number of thioether (sulfide) groups is 1. The van der Waals surface area contributed by atoms with Gasteiger partial charge in [-0.3, -0.25) is 5.43 Å². The van der Waals surface area contributed by atoms with Crippen LogP contribution in [0.1, 0.15) is 26.2 Å². The van der Waals surface area contributed by atoms with Gasteiger partial charge >= 0.3 is 0 Å². The molecule has 0 aliphatic rings. The van der Waals surface area contributed by atoms with Crippen LogP contribution in [0, 0.1) is 0 Å². The molecular weight excluding hydrogens is 196 g/mol. The standard InChI is InChI=1S/C9H16N4S/c1-2-3-4-7-14-8-5-6-11-9(12-8)13-10/h5-6H,2-4,7,10H2,1H3,(H,11,12,13). The molecule has 1 heterocycles. The summed E-state index contributed by atoms with van der Waals surface area (Å²) >= 11 is 1.74. The van der Waals surface area contributed by atoms with Crippen molar-refractivity contribution in [2.45, 2.75) is 31.2 Å². The molecule has 14 heavy (non-hydrogen) atoms. The Bertz CT molecular complexity index is 267. The Hall–Kier alpha value is -0.810. The van der Waals surface area contributed by atoms with E-state index in [9.17, 15) is 0 Å². The van der Waals surface area contributed by atoms with Gasteiger partial charge in [-0.15, -0.1) is 11.8 Å². The van der Waals surface area contributed by atoms with Gasteiger partial charge in [0, 0.05) is 6.20 Å². The van der Waals surface area contributed by atoms with Gasteiger partial charge in [0.05, 0.1) is 0 Å². The zero-order valence-corrected chi connectivity index (χ0v) is 9.18.